The first-order valence-corrected chi connectivity index (χ1v) is 5.10. The Labute approximate surface area is 89.9 Å². The highest BCUT2D eigenvalue weighted by Gasteiger charge is 2.16. The molecule has 0 fully saturated rings. The minimum Gasteiger partial charge on any atom is -0.368 e. The minimum atomic E-state index is -0.312. The summed E-state index contributed by atoms with van der Waals surface area (Å²) in [7, 11) is 0. The average molecular weight is 207 g/mol. The quantitative estimate of drug-likeness (QED) is 0.756. The molecule has 0 aliphatic heterocycles. The molecule has 1 unspecified atom stereocenters. The average Bonchev–Trinajstić information content (AvgIpc) is 2.26. The number of hydrogen-bond acceptors (Lipinski definition) is 3. The van der Waals surface area contributed by atoms with Crippen LogP contribution >= 0.6 is 0 Å². The third kappa shape index (κ3) is 3.32. The first-order chi connectivity index (χ1) is 7.15. The van der Waals surface area contributed by atoms with Gasteiger partial charge in [0.1, 0.15) is 0 Å². The van der Waals surface area contributed by atoms with Crippen molar-refractivity contribution in [1.82, 2.24) is 10.3 Å². The summed E-state index contributed by atoms with van der Waals surface area (Å²) in [5, 5.41) is 3.17. The number of carbonyl (C=O) groups is 1. The maximum absolute atomic E-state index is 11.0. The van der Waals surface area contributed by atoms with E-state index in [0.29, 0.717) is 6.42 Å². The van der Waals surface area contributed by atoms with Gasteiger partial charge in [-0.2, -0.15) is 0 Å². The molecule has 0 aromatic carbocycles. The molecular weight excluding hydrogens is 190 g/mol. The van der Waals surface area contributed by atoms with E-state index in [9.17, 15) is 4.79 Å². The van der Waals surface area contributed by atoms with Crippen molar-refractivity contribution in [2.45, 2.75) is 32.4 Å². The summed E-state index contributed by atoms with van der Waals surface area (Å²) < 4.78 is 0. The molecule has 15 heavy (non-hydrogen) atoms. The van der Waals surface area contributed by atoms with Crippen molar-refractivity contribution in [2.24, 2.45) is 5.73 Å². The lowest BCUT2D eigenvalue weighted by Crippen LogP contribution is -2.41. The summed E-state index contributed by atoms with van der Waals surface area (Å²) in [6.07, 6.45) is 4.20. The van der Waals surface area contributed by atoms with Crippen LogP contribution in [-0.2, 0) is 4.79 Å². The van der Waals surface area contributed by atoms with Crippen molar-refractivity contribution >= 4 is 5.91 Å². The second kappa shape index (κ2) is 5.46. The van der Waals surface area contributed by atoms with Crippen molar-refractivity contribution in [3.8, 4) is 0 Å². The van der Waals surface area contributed by atoms with E-state index in [1.807, 2.05) is 26.0 Å². The topological polar surface area (TPSA) is 68.0 Å². The Morgan fingerprint density at radius 3 is 2.87 bits per heavy atom. The molecule has 0 saturated heterocycles. The Bertz CT molecular complexity index is 313. The van der Waals surface area contributed by atoms with Gasteiger partial charge in [-0.15, -0.1) is 0 Å². The second-order valence-corrected chi connectivity index (χ2v) is 3.54. The highest BCUT2D eigenvalue weighted by molar-refractivity contribution is 5.79. The molecule has 2 atom stereocenters. The molecule has 0 aliphatic rings. The van der Waals surface area contributed by atoms with E-state index in [-0.39, 0.29) is 18.0 Å². The van der Waals surface area contributed by atoms with E-state index in [1.165, 1.54) is 0 Å². The Morgan fingerprint density at radius 1 is 1.67 bits per heavy atom. The van der Waals surface area contributed by atoms with E-state index in [4.69, 9.17) is 5.73 Å². The Morgan fingerprint density at radius 2 is 2.40 bits per heavy atom. The summed E-state index contributed by atoms with van der Waals surface area (Å²) >= 11 is 0. The number of nitrogens with two attached hydrogens (primary N) is 1. The van der Waals surface area contributed by atoms with Gasteiger partial charge in [-0.1, -0.05) is 13.0 Å². The fourth-order valence-electron chi connectivity index (χ4n) is 1.43. The van der Waals surface area contributed by atoms with Gasteiger partial charge in [-0.3, -0.25) is 15.1 Å². The molecule has 1 aromatic rings. The zero-order chi connectivity index (χ0) is 11.3. The van der Waals surface area contributed by atoms with Crippen LogP contribution in [0.25, 0.3) is 0 Å². The Balaban J connectivity index is 2.62. The van der Waals surface area contributed by atoms with E-state index < -0.39 is 0 Å². The molecule has 4 heteroatoms. The maximum atomic E-state index is 11.0. The van der Waals surface area contributed by atoms with Gasteiger partial charge in [0.15, 0.2) is 0 Å². The van der Waals surface area contributed by atoms with Gasteiger partial charge in [-0.05, 0) is 25.0 Å². The number of pyridine rings is 1. The third-order valence-corrected chi connectivity index (χ3v) is 2.39. The predicted octanol–water partition coefficient (Wildman–Crippen LogP) is 0.996. The fourth-order valence-corrected chi connectivity index (χ4v) is 1.43. The minimum absolute atomic E-state index is 0.0798. The molecule has 1 rings (SSSR count). The van der Waals surface area contributed by atoms with Gasteiger partial charge in [-0.25, -0.2) is 0 Å². The van der Waals surface area contributed by atoms with Crippen molar-refractivity contribution in [3.63, 3.8) is 0 Å². The molecule has 0 bridgehead atoms. The Hall–Kier alpha value is -1.42. The number of rotatable bonds is 5. The molecule has 1 aromatic heterocycles. The first kappa shape index (κ1) is 11.7. The third-order valence-electron chi connectivity index (χ3n) is 2.39. The summed E-state index contributed by atoms with van der Waals surface area (Å²) in [5.41, 5.74) is 6.31. The molecular formula is C11H17N3O. The van der Waals surface area contributed by atoms with Crippen LogP contribution in [0.5, 0.6) is 0 Å². The van der Waals surface area contributed by atoms with E-state index in [1.54, 1.807) is 12.4 Å². The maximum Gasteiger partial charge on any atom is 0.234 e. The molecule has 0 spiro atoms. The normalized spacial score (nSPS) is 14.5. The zero-order valence-electron chi connectivity index (χ0n) is 9.10. The molecule has 82 valence electrons. The van der Waals surface area contributed by atoms with Gasteiger partial charge in [0.05, 0.1) is 6.04 Å². The molecule has 4 nitrogen and oxygen atoms in total. The van der Waals surface area contributed by atoms with Crippen LogP contribution in [0.15, 0.2) is 24.5 Å². The number of nitrogens with one attached hydrogen (secondary N) is 1. The predicted molar refractivity (Wildman–Crippen MR) is 59.1 cm³/mol. The van der Waals surface area contributed by atoms with Gasteiger partial charge in [0.25, 0.3) is 0 Å². The monoisotopic (exact) mass is 207 g/mol. The van der Waals surface area contributed by atoms with Crippen LogP contribution in [-0.4, -0.2) is 16.9 Å². The van der Waals surface area contributed by atoms with Gasteiger partial charge in [0.2, 0.25) is 5.91 Å². The highest BCUT2D eigenvalue weighted by Crippen LogP contribution is 2.11. The Kier molecular flexibility index (Phi) is 4.24. The lowest BCUT2D eigenvalue weighted by atomic mass is 10.1. The summed E-state index contributed by atoms with van der Waals surface area (Å²) in [6.45, 7) is 3.92. The second-order valence-electron chi connectivity index (χ2n) is 3.54. The number of carbonyl (C=O) groups excluding carboxylic acids is 1. The number of primary amides is 1. The number of hydrogen-bond donors (Lipinski definition) is 2. The van der Waals surface area contributed by atoms with Crippen LogP contribution < -0.4 is 11.1 Å². The van der Waals surface area contributed by atoms with Crippen molar-refractivity contribution in [3.05, 3.63) is 30.1 Å². The van der Waals surface area contributed by atoms with E-state index in [0.717, 1.165) is 5.56 Å². The van der Waals surface area contributed by atoms with Gasteiger partial charge in [0, 0.05) is 18.4 Å². The van der Waals surface area contributed by atoms with Crippen LogP contribution in [0.3, 0.4) is 0 Å². The van der Waals surface area contributed by atoms with Gasteiger partial charge >= 0.3 is 0 Å². The zero-order valence-corrected chi connectivity index (χ0v) is 9.10. The van der Waals surface area contributed by atoms with Crippen molar-refractivity contribution in [2.75, 3.05) is 0 Å². The van der Waals surface area contributed by atoms with Crippen LogP contribution in [0.1, 0.15) is 31.9 Å². The standard InChI is InChI=1S/C11H17N3O/c1-3-10(11(12)15)14-8(2)9-5-4-6-13-7-9/h4-8,10,14H,3H2,1-2H3,(H2,12,15)/t8-,10?/m0/s1. The van der Waals surface area contributed by atoms with E-state index >= 15 is 0 Å². The largest absolute Gasteiger partial charge is 0.368 e. The van der Waals surface area contributed by atoms with Crippen LogP contribution in [0, 0.1) is 0 Å². The van der Waals surface area contributed by atoms with E-state index in [2.05, 4.69) is 10.3 Å². The number of aromatic nitrogens is 1. The number of amides is 1. The SMILES string of the molecule is CCC(N[C@@H](C)c1cccnc1)C(N)=O. The fraction of sp³-hybridized carbons (Fsp3) is 0.455. The smallest absolute Gasteiger partial charge is 0.234 e. The van der Waals surface area contributed by atoms with Crippen molar-refractivity contribution in [1.29, 1.82) is 0 Å². The highest BCUT2D eigenvalue weighted by atomic mass is 16.1. The molecule has 3 N–H and O–H groups in total. The molecule has 1 amide bonds. The first-order valence-electron chi connectivity index (χ1n) is 5.10. The number of nitrogens with zero attached hydrogens (tertiary/aromatic N) is 1. The molecule has 0 aliphatic carbocycles. The summed E-state index contributed by atoms with van der Waals surface area (Å²) in [4.78, 5) is 15.1. The van der Waals surface area contributed by atoms with Crippen molar-refractivity contribution < 1.29 is 4.79 Å². The molecule has 0 saturated carbocycles. The summed E-state index contributed by atoms with van der Waals surface area (Å²) in [6, 6.07) is 3.65. The lowest BCUT2D eigenvalue weighted by molar-refractivity contribution is -0.120. The van der Waals surface area contributed by atoms with Crippen LogP contribution in [0.4, 0.5) is 0 Å². The van der Waals surface area contributed by atoms with Crippen LogP contribution in [0.2, 0.25) is 0 Å². The summed E-state index contributed by atoms with van der Waals surface area (Å²) in [5.74, 6) is -0.312. The van der Waals surface area contributed by atoms with Gasteiger partial charge < -0.3 is 5.73 Å². The lowest BCUT2D eigenvalue weighted by Gasteiger charge is -2.19. The molecule has 1 heterocycles. The molecule has 0 radical (unpaired) electrons.